The Morgan fingerprint density at radius 3 is 2.84 bits per heavy atom. The van der Waals surface area contributed by atoms with Crippen molar-refractivity contribution < 1.29 is 0 Å². The third-order valence-corrected chi connectivity index (χ3v) is 4.69. The second-order valence-corrected chi connectivity index (χ2v) is 6.10. The summed E-state index contributed by atoms with van der Waals surface area (Å²) < 4.78 is 2.06. The zero-order valence-electron chi connectivity index (χ0n) is 12.3. The summed E-state index contributed by atoms with van der Waals surface area (Å²) in [5.41, 5.74) is 1.19. The van der Waals surface area contributed by atoms with E-state index < -0.39 is 0 Å². The molecule has 1 fully saturated rings. The highest BCUT2D eigenvalue weighted by atomic mass is 35.5. The molecule has 0 aromatic carbocycles. The minimum Gasteiger partial charge on any atom is -0.308 e. The van der Waals surface area contributed by atoms with Crippen LogP contribution in [0.15, 0.2) is 6.20 Å². The summed E-state index contributed by atoms with van der Waals surface area (Å²) in [6.45, 7) is 8.63. The van der Waals surface area contributed by atoms with E-state index in [-0.39, 0.29) is 0 Å². The van der Waals surface area contributed by atoms with Gasteiger partial charge in [0.2, 0.25) is 0 Å². The lowest BCUT2D eigenvalue weighted by Gasteiger charge is -2.29. The monoisotopic (exact) mass is 283 g/mol. The van der Waals surface area contributed by atoms with Crippen molar-refractivity contribution in [3.8, 4) is 0 Å². The highest BCUT2D eigenvalue weighted by molar-refractivity contribution is 6.31. The fourth-order valence-electron chi connectivity index (χ4n) is 3.35. The molecule has 3 atom stereocenters. The van der Waals surface area contributed by atoms with Crippen molar-refractivity contribution in [2.75, 3.05) is 6.54 Å². The van der Waals surface area contributed by atoms with Crippen molar-refractivity contribution in [3.05, 3.63) is 16.9 Å². The van der Waals surface area contributed by atoms with Gasteiger partial charge in [-0.3, -0.25) is 4.68 Å². The van der Waals surface area contributed by atoms with E-state index in [1.807, 2.05) is 0 Å². The van der Waals surface area contributed by atoms with Gasteiger partial charge >= 0.3 is 0 Å². The zero-order chi connectivity index (χ0) is 13.8. The number of nitrogens with one attached hydrogen (secondary N) is 1. The smallest absolute Gasteiger partial charge is 0.0834 e. The maximum absolute atomic E-state index is 6.40. The van der Waals surface area contributed by atoms with E-state index in [1.54, 1.807) is 6.20 Å². The molecule has 0 saturated heterocycles. The standard InChI is InChI=1S/C15H26ClN3/c1-4-9-17-14(12-8-6-7-11(12)3)15-13(16)10-18-19(15)5-2/h10-12,14,17H,4-9H2,1-3H3. The first-order valence-corrected chi connectivity index (χ1v) is 8.01. The average molecular weight is 284 g/mol. The van der Waals surface area contributed by atoms with E-state index in [0.717, 1.165) is 30.5 Å². The molecule has 2 rings (SSSR count). The first-order valence-electron chi connectivity index (χ1n) is 7.63. The SMILES string of the molecule is CCCNC(c1c(Cl)cnn1CC)C1CCCC1C. The molecule has 0 bridgehead atoms. The Labute approximate surface area is 121 Å². The molecule has 0 amide bonds. The van der Waals surface area contributed by atoms with Gasteiger partial charge in [0.15, 0.2) is 0 Å². The van der Waals surface area contributed by atoms with Gasteiger partial charge in [0.05, 0.1) is 23.0 Å². The van der Waals surface area contributed by atoms with Crippen LogP contribution in [-0.4, -0.2) is 16.3 Å². The van der Waals surface area contributed by atoms with Crippen LogP contribution < -0.4 is 5.32 Å². The van der Waals surface area contributed by atoms with Crippen LogP contribution >= 0.6 is 11.6 Å². The van der Waals surface area contributed by atoms with Gasteiger partial charge in [-0.2, -0.15) is 5.10 Å². The van der Waals surface area contributed by atoms with Gasteiger partial charge in [-0.05, 0) is 38.1 Å². The fraction of sp³-hybridized carbons (Fsp3) is 0.800. The molecule has 1 N–H and O–H groups in total. The first kappa shape index (κ1) is 14.9. The predicted molar refractivity (Wildman–Crippen MR) is 80.5 cm³/mol. The quantitative estimate of drug-likeness (QED) is 0.854. The highest BCUT2D eigenvalue weighted by Crippen LogP contribution is 2.41. The number of aryl methyl sites for hydroxylation is 1. The zero-order valence-corrected chi connectivity index (χ0v) is 13.1. The molecule has 1 aliphatic rings. The number of nitrogens with zero attached hydrogens (tertiary/aromatic N) is 2. The van der Waals surface area contributed by atoms with E-state index in [1.165, 1.54) is 25.0 Å². The lowest BCUT2D eigenvalue weighted by molar-refractivity contribution is 0.288. The Hall–Kier alpha value is -0.540. The van der Waals surface area contributed by atoms with Crippen molar-refractivity contribution in [3.63, 3.8) is 0 Å². The predicted octanol–water partition coefficient (Wildman–Crippen LogP) is 4.03. The van der Waals surface area contributed by atoms with Gasteiger partial charge in [0.1, 0.15) is 0 Å². The molecule has 0 aliphatic heterocycles. The van der Waals surface area contributed by atoms with Crippen LogP contribution in [0.25, 0.3) is 0 Å². The van der Waals surface area contributed by atoms with E-state index in [2.05, 4.69) is 35.9 Å². The lowest BCUT2D eigenvalue weighted by atomic mass is 9.88. The van der Waals surface area contributed by atoms with Crippen LogP contribution in [0.4, 0.5) is 0 Å². The van der Waals surface area contributed by atoms with Crippen molar-refractivity contribution in [2.45, 2.75) is 59.0 Å². The fourth-order valence-corrected chi connectivity index (χ4v) is 3.61. The van der Waals surface area contributed by atoms with Crippen LogP contribution in [0.1, 0.15) is 58.2 Å². The molecule has 4 heteroatoms. The molecule has 0 spiro atoms. The average Bonchev–Trinajstić information content (AvgIpc) is 2.98. The van der Waals surface area contributed by atoms with Crippen LogP contribution in [0.2, 0.25) is 5.02 Å². The van der Waals surface area contributed by atoms with Crippen molar-refractivity contribution >= 4 is 11.6 Å². The Bertz CT molecular complexity index is 402. The number of hydrogen-bond acceptors (Lipinski definition) is 2. The van der Waals surface area contributed by atoms with Gasteiger partial charge in [-0.1, -0.05) is 38.3 Å². The molecule has 19 heavy (non-hydrogen) atoms. The van der Waals surface area contributed by atoms with Crippen molar-refractivity contribution in [1.29, 1.82) is 0 Å². The molecular weight excluding hydrogens is 258 g/mol. The number of aromatic nitrogens is 2. The van der Waals surface area contributed by atoms with Crippen LogP contribution in [-0.2, 0) is 6.54 Å². The van der Waals surface area contributed by atoms with Crippen LogP contribution in [0, 0.1) is 11.8 Å². The van der Waals surface area contributed by atoms with E-state index in [0.29, 0.717) is 12.0 Å². The van der Waals surface area contributed by atoms with Gasteiger partial charge in [-0.15, -0.1) is 0 Å². The minimum atomic E-state index is 0.354. The van der Waals surface area contributed by atoms with Crippen LogP contribution in [0.5, 0.6) is 0 Å². The van der Waals surface area contributed by atoms with Crippen molar-refractivity contribution in [1.82, 2.24) is 15.1 Å². The maximum atomic E-state index is 6.40. The Morgan fingerprint density at radius 2 is 2.26 bits per heavy atom. The van der Waals surface area contributed by atoms with Gasteiger partial charge in [-0.25, -0.2) is 0 Å². The largest absolute Gasteiger partial charge is 0.308 e. The van der Waals surface area contributed by atoms with Gasteiger partial charge < -0.3 is 5.32 Å². The molecule has 108 valence electrons. The van der Waals surface area contributed by atoms with Gasteiger partial charge in [0.25, 0.3) is 0 Å². The molecule has 0 radical (unpaired) electrons. The summed E-state index contributed by atoms with van der Waals surface area (Å²) in [4.78, 5) is 0. The third kappa shape index (κ3) is 3.14. The molecule has 3 nitrogen and oxygen atoms in total. The third-order valence-electron chi connectivity index (χ3n) is 4.40. The molecule has 1 aliphatic carbocycles. The van der Waals surface area contributed by atoms with E-state index in [9.17, 15) is 0 Å². The highest BCUT2D eigenvalue weighted by Gasteiger charge is 2.34. The summed E-state index contributed by atoms with van der Waals surface area (Å²) in [5, 5.41) is 8.93. The second kappa shape index (κ2) is 6.76. The Kier molecular flexibility index (Phi) is 5.28. The molecule has 1 saturated carbocycles. The number of hydrogen-bond donors (Lipinski definition) is 1. The molecule has 1 aromatic heterocycles. The van der Waals surface area contributed by atoms with E-state index >= 15 is 0 Å². The second-order valence-electron chi connectivity index (χ2n) is 5.70. The Balaban J connectivity index is 2.28. The number of halogens is 1. The van der Waals surface area contributed by atoms with Crippen molar-refractivity contribution in [2.24, 2.45) is 11.8 Å². The normalized spacial score (nSPS) is 24.8. The lowest BCUT2D eigenvalue weighted by Crippen LogP contribution is -2.32. The summed E-state index contributed by atoms with van der Waals surface area (Å²) in [5.74, 6) is 1.46. The summed E-state index contributed by atoms with van der Waals surface area (Å²) in [7, 11) is 0. The summed E-state index contributed by atoms with van der Waals surface area (Å²) >= 11 is 6.40. The van der Waals surface area contributed by atoms with Gasteiger partial charge in [0, 0.05) is 6.54 Å². The molecule has 1 aromatic rings. The molecular formula is C15H26ClN3. The summed E-state index contributed by atoms with van der Waals surface area (Å²) in [6, 6.07) is 0.354. The first-order chi connectivity index (χ1) is 9.19. The Morgan fingerprint density at radius 1 is 1.47 bits per heavy atom. The maximum Gasteiger partial charge on any atom is 0.0834 e. The number of rotatable bonds is 6. The van der Waals surface area contributed by atoms with Crippen LogP contribution in [0.3, 0.4) is 0 Å². The minimum absolute atomic E-state index is 0.354. The molecule has 3 unspecified atom stereocenters. The summed E-state index contributed by atoms with van der Waals surface area (Å²) in [6.07, 6.45) is 6.92. The van der Waals surface area contributed by atoms with E-state index in [4.69, 9.17) is 11.6 Å². The topological polar surface area (TPSA) is 29.9 Å². The molecule has 1 heterocycles.